The average molecular weight is 461 g/mol. The van der Waals surface area contributed by atoms with Crippen LogP contribution in [0.25, 0.3) is 0 Å². The zero-order chi connectivity index (χ0) is 24.5. The van der Waals surface area contributed by atoms with Crippen molar-refractivity contribution in [3.63, 3.8) is 0 Å². The summed E-state index contributed by atoms with van der Waals surface area (Å²) in [6, 6.07) is 16.7. The van der Waals surface area contributed by atoms with E-state index in [1.807, 2.05) is 62.4 Å². The van der Waals surface area contributed by atoms with Gasteiger partial charge in [0.05, 0.1) is 13.2 Å². The number of anilines is 1. The third-order valence-corrected chi connectivity index (χ3v) is 6.02. The monoisotopic (exact) mass is 460 g/mol. The van der Waals surface area contributed by atoms with Crippen molar-refractivity contribution >= 4 is 23.5 Å². The van der Waals surface area contributed by atoms with Crippen LogP contribution < -0.4 is 10.2 Å². The first-order valence-electron chi connectivity index (χ1n) is 11.2. The molecule has 0 bridgehead atoms. The van der Waals surface area contributed by atoms with Crippen LogP contribution in [0.5, 0.6) is 0 Å². The van der Waals surface area contributed by atoms with Gasteiger partial charge < -0.3 is 10.1 Å². The molecule has 34 heavy (non-hydrogen) atoms. The summed E-state index contributed by atoms with van der Waals surface area (Å²) in [5, 5.41) is 7.27. The maximum absolute atomic E-state index is 13.8. The first-order chi connectivity index (χ1) is 16.2. The van der Waals surface area contributed by atoms with E-state index in [9.17, 15) is 14.4 Å². The number of hydrogen-bond donors (Lipinski definition) is 1. The number of aromatic nitrogens is 2. The van der Waals surface area contributed by atoms with Crippen molar-refractivity contribution in [1.82, 2.24) is 15.1 Å². The molecule has 0 radical (unpaired) electrons. The Morgan fingerprint density at radius 1 is 1.12 bits per heavy atom. The predicted molar refractivity (Wildman–Crippen MR) is 128 cm³/mol. The number of rotatable bonds is 6. The second-order valence-corrected chi connectivity index (χ2v) is 8.67. The van der Waals surface area contributed by atoms with Crippen LogP contribution in [0.15, 0.2) is 54.6 Å². The zero-order valence-corrected chi connectivity index (χ0v) is 19.8. The molecule has 0 saturated heterocycles. The summed E-state index contributed by atoms with van der Waals surface area (Å²) < 4.78 is 6.48. The second-order valence-electron chi connectivity index (χ2n) is 8.67. The third-order valence-electron chi connectivity index (χ3n) is 6.02. The summed E-state index contributed by atoms with van der Waals surface area (Å²) in [6.45, 7) is 7.91. The molecule has 8 nitrogen and oxygen atoms in total. The van der Waals surface area contributed by atoms with Crippen molar-refractivity contribution in [2.45, 2.75) is 46.3 Å². The van der Waals surface area contributed by atoms with Crippen molar-refractivity contribution < 1.29 is 19.1 Å². The van der Waals surface area contributed by atoms with Crippen LogP contribution in [0.1, 0.15) is 51.5 Å². The number of benzene rings is 2. The smallest absolute Gasteiger partial charge is 0.358 e. The Kier molecular flexibility index (Phi) is 6.24. The highest BCUT2D eigenvalue weighted by molar-refractivity contribution is 6.12. The molecular weight excluding hydrogens is 432 g/mol. The second kappa shape index (κ2) is 9.13. The van der Waals surface area contributed by atoms with E-state index in [2.05, 4.69) is 10.4 Å². The van der Waals surface area contributed by atoms with Gasteiger partial charge in [0.15, 0.2) is 5.69 Å². The molecule has 0 unspecified atom stereocenters. The number of nitrogens with one attached hydrogen (secondary N) is 1. The number of esters is 1. The van der Waals surface area contributed by atoms with Crippen LogP contribution in [0, 0.1) is 13.8 Å². The number of fused-ring (bicyclic) bond motifs is 1. The average Bonchev–Trinajstić information content (AvgIpc) is 3.24. The lowest BCUT2D eigenvalue weighted by molar-refractivity contribution is -0.126. The molecule has 2 amide bonds. The molecule has 2 heterocycles. The van der Waals surface area contributed by atoms with E-state index in [1.54, 1.807) is 13.8 Å². The molecule has 4 rings (SSSR count). The minimum Gasteiger partial charge on any atom is -0.461 e. The van der Waals surface area contributed by atoms with E-state index < -0.39 is 17.4 Å². The van der Waals surface area contributed by atoms with Gasteiger partial charge in [0.25, 0.3) is 5.91 Å². The summed E-state index contributed by atoms with van der Waals surface area (Å²) in [7, 11) is 0. The first-order valence-corrected chi connectivity index (χ1v) is 11.2. The highest BCUT2D eigenvalue weighted by atomic mass is 16.5. The Morgan fingerprint density at radius 3 is 2.53 bits per heavy atom. The standard InChI is InChI=1S/C26H28N4O4/c1-5-34-24(32)20-14-22-23(31)30(21-12-11-17(2)13-18(21)3)26(4,16-29(22)28-20)25(33)27-15-19-9-7-6-8-10-19/h6-14H,5,15-16H2,1-4H3,(H,27,33)/t26-/m0/s1. The van der Waals surface area contributed by atoms with Crippen molar-refractivity contribution in [1.29, 1.82) is 0 Å². The normalized spacial score (nSPS) is 17.3. The molecule has 1 N–H and O–H groups in total. The lowest BCUT2D eigenvalue weighted by atomic mass is 9.92. The van der Waals surface area contributed by atoms with E-state index in [1.165, 1.54) is 15.6 Å². The maximum Gasteiger partial charge on any atom is 0.358 e. The van der Waals surface area contributed by atoms with E-state index in [-0.39, 0.29) is 30.4 Å². The maximum atomic E-state index is 13.8. The molecular formula is C26H28N4O4. The van der Waals surface area contributed by atoms with Crippen LogP contribution >= 0.6 is 0 Å². The minimum absolute atomic E-state index is 0.0414. The van der Waals surface area contributed by atoms with Gasteiger partial charge in [-0.25, -0.2) is 4.79 Å². The lowest BCUT2D eigenvalue weighted by Gasteiger charge is -2.43. The number of aryl methyl sites for hydroxylation is 2. The SMILES string of the molecule is CCOC(=O)c1cc2n(n1)C[C@@](C)(C(=O)NCc1ccccc1)N(c1ccc(C)cc1C)C2=O. The summed E-state index contributed by atoms with van der Waals surface area (Å²) in [6.07, 6.45) is 0. The Balaban J connectivity index is 1.76. The first kappa shape index (κ1) is 23.2. The molecule has 176 valence electrons. The molecule has 3 aromatic rings. The predicted octanol–water partition coefficient (Wildman–Crippen LogP) is 3.41. The van der Waals surface area contributed by atoms with Crippen LogP contribution in [-0.4, -0.2) is 39.7 Å². The Bertz CT molecular complexity index is 1250. The third kappa shape index (κ3) is 4.19. The van der Waals surface area contributed by atoms with Crippen LogP contribution in [0.2, 0.25) is 0 Å². The lowest BCUT2D eigenvalue weighted by Crippen LogP contribution is -2.64. The van der Waals surface area contributed by atoms with Gasteiger partial charge in [0.2, 0.25) is 5.91 Å². The molecule has 1 aliphatic heterocycles. The zero-order valence-electron chi connectivity index (χ0n) is 19.8. The van der Waals surface area contributed by atoms with E-state index >= 15 is 0 Å². The van der Waals surface area contributed by atoms with Gasteiger partial charge >= 0.3 is 5.97 Å². The number of hydrogen-bond acceptors (Lipinski definition) is 5. The van der Waals surface area contributed by atoms with E-state index in [0.29, 0.717) is 12.2 Å². The fourth-order valence-corrected chi connectivity index (χ4v) is 4.29. The van der Waals surface area contributed by atoms with Gasteiger partial charge in [0.1, 0.15) is 11.2 Å². The fraction of sp³-hybridized carbons (Fsp3) is 0.308. The number of ether oxygens (including phenoxy) is 1. The van der Waals surface area contributed by atoms with Gasteiger partial charge in [0, 0.05) is 18.3 Å². The van der Waals surface area contributed by atoms with Crippen molar-refractivity contribution in [3.05, 3.63) is 82.7 Å². The fourth-order valence-electron chi connectivity index (χ4n) is 4.29. The van der Waals surface area contributed by atoms with Crippen molar-refractivity contribution in [2.75, 3.05) is 11.5 Å². The largest absolute Gasteiger partial charge is 0.461 e. The summed E-state index contributed by atoms with van der Waals surface area (Å²) in [4.78, 5) is 41.2. The van der Waals surface area contributed by atoms with Gasteiger partial charge in [-0.15, -0.1) is 0 Å². The highest BCUT2D eigenvalue weighted by Gasteiger charge is 2.49. The molecule has 1 aliphatic rings. The van der Waals surface area contributed by atoms with Crippen molar-refractivity contribution in [3.8, 4) is 0 Å². The minimum atomic E-state index is -1.28. The highest BCUT2D eigenvalue weighted by Crippen LogP contribution is 2.35. The summed E-state index contributed by atoms with van der Waals surface area (Å²) in [5.74, 6) is -1.33. The van der Waals surface area contributed by atoms with Gasteiger partial charge in [-0.05, 0) is 44.9 Å². The molecule has 1 aromatic heterocycles. The summed E-state index contributed by atoms with van der Waals surface area (Å²) in [5.41, 5.74) is 2.50. The van der Waals surface area contributed by atoms with Gasteiger partial charge in [-0.3, -0.25) is 19.2 Å². The topological polar surface area (TPSA) is 93.5 Å². The van der Waals surface area contributed by atoms with Crippen LogP contribution in [-0.2, 0) is 22.6 Å². The van der Waals surface area contributed by atoms with E-state index in [0.717, 1.165) is 16.7 Å². The molecule has 0 fully saturated rings. The number of carbonyl (C=O) groups excluding carboxylic acids is 3. The number of nitrogens with zero attached hydrogens (tertiary/aromatic N) is 3. The quantitative estimate of drug-likeness (QED) is 0.569. The molecule has 1 atom stereocenters. The molecule has 2 aromatic carbocycles. The molecule has 8 heteroatoms. The molecule has 0 saturated carbocycles. The Hall–Kier alpha value is -3.94. The summed E-state index contributed by atoms with van der Waals surface area (Å²) >= 11 is 0. The molecule has 0 aliphatic carbocycles. The van der Waals surface area contributed by atoms with Crippen molar-refractivity contribution in [2.24, 2.45) is 0 Å². The van der Waals surface area contributed by atoms with Crippen LogP contribution in [0.3, 0.4) is 0 Å². The molecule has 0 spiro atoms. The Morgan fingerprint density at radius 2 is 1.85 bits per heavy atom. The van der Waals surface area contributed by atoms with Gasteiger partial charge in [-0.2, -0.15) is 5.10 Å². The number of carbonyl (C=O) groups is 3. The Labute approximate surface area is 198 Å². The van der Waals surface area contributed by atoms with E-state index in [4.69, 9.17) is 4.74 Å². The van der Waals surface area contributed by atoms with Crippen LogP contribution in [0.4, 0.5) is 5.69 Å². The van der Waals surface area contributed by atoms with Gasteiger partial charge in [-0.1, -0.05) is 48.0 Å². The number of amides is 2.